The highest BCUT2D eigenvalue weighted by atomic mass is 32.1. The number of aromatic nitrogens is 1. The van der Waals surface area contributed by atoms with Crippen molar-refractivity contribution in [3.8, 4) is 5.75 Å². The minimum atomic E-state index is -0.261. The predicted octanol–water partition coefficient (Wildman–Crippen LogP) is 5.38. The van der Waals surface area contributed by atoms with E-state index >= 15 is 0 Å². The summed E-state index contributed by atoms with van der Waals surface area (Å²) >= 11 is 3.24. The molecule has 4 aromatic rings. The van der Waals surface area contributed by atoms with E-state index < -0.39 is 0 Å². The van der Waals surface area contributed by atoms with E-state index in [-0.39, 0.29) is 18.4 Å². The summed E-state index contributed by atoms with van der Waals surface area (Å²) in [6.45, 7) is 5.34. The largest absolute Gasteiger partial charge is 0.483 e. The summed E-state index contributed by atoms with van der Waals surface area (Å²) in [6.07, 6.45) is 2.09. The molecule has 8 heteroatoms. The van der Waals surface area contributed by atoms with Crippen LogP contribution in [0.25, 0.3) is 20.3 Å². The van der Waals surface area contributed by atoms with E-state index in [0.29, 0.717) is 17.0 Å². The molecule has 0 bridgehead atoms. The van der Waals surface area contributed by atoms with Crippen molar-refractivity contribution in [2.75, 3.05) is 25.0 Å². The number of nitrogens with one attached hydrogen (secondary N) is 1. The van der Waals surface area contributed by atoms with Crippen molar-refractivity contribution in [3.05, 3.63) is 51.8 Å². The van der Waals surface area contributed by atoms with Crippen LogP contribution in [0, 0.1) is 13.8 Å². The van der Waals surface area contributed by atoms with Gasteiger partial charge in [0.2, 0.25) is 0 Å². The molecular formula is C24H23N3O3S2. The van der Waals surface area contributed by atoms with Crippen LogP contribution in [0.3, 0.4) is 0 Å². The lowest BCUT2D eigenvalue weighted by Crippen LogP contribution is -2.28. The summed E-state index contributed by atoms with van der Waals surface area (Å²) < 4.78 is 8.05. The molecule has 2 aromatic carbocycles. The van der Waals surface area contributed by atoms with Gasteiger partial charge in [-0.2, -0.15) is 0 Å². The Morgan fingerprint density at radius 2 is 2.00 bits per heavy atom. The van der Waals surface area contributed by atoms with Crippen molar-refractivity contribution in [2.24, 2.45) is 0 Å². The zero-order valence-electron chi connectivity index (χ0n) is 17.9. The maximum Gasteiger partial charge on any atom is 0.262 e. The lowest BCUT2D eigenvalue weighted by Gasteiger charge is -2.18. The number of thiophene rings is 1. The second-order valence-electron chi connectivity index (χ2n) is 7.93. The quantitative estimate of drug-likeness (QED) is 0.429. The first-order valence-electron chi connectivity index (χ1n) is 10.6. The Morgan fingerprint density at radius 3 is 2.81 bits per heavy atom. The van der Waals surface area contributed by atoms with Crippen molar-refractivity contribution < 1.29 is 14.3 Å². The summed E-state index contributed by atoms with van der Waals surface area (Å²) in [5.41, 5.74) is 3.04. The Kier molecular flexibility index (Phi) is 5.57. The van der Waals surface area contributed by atoms with E-state index in [1.165, 1.54) is 0 Å². The summed E-state index contributed by atoms with van der Waals surface area (Å²) in [4.78, 5) is 32.0. The van der Waals surface area contributed by atoms with Crippen LogP contribution in [0.5, 0.6) is 5.75 Å². The molecular weight excluding hydrogens is 442 g/mol. The van der Waals surface area contributed by atoms with E-state index in [1.54, 1.807) is 22.7 Å². The van der Waals surface area contributed by atoms with Crippen LogP contribution in [0.15, 0.2) is 35.7 Å². The number of fused-ring (bicyclic) bond motifs is 3. The highest BCUT2D eigenvalue weighted by molar-refractivity contribution is 7.21. The Hall–Kier alpha value is -2.97. The van der Waals surface area contributed by atoms with Gasteiger partial charge in [-0.15, -0.1) is 22.7 Å². The van der Waals surface area contributed by atoms with Crippen LogP contribution in [0.1, 0.15) is 33.8 Å². The minimum absolute atomic E-state index is 0.0281. The molecule has 32 heavy (non-hydrogen) atoms. The molecule has 0 radical (unpaired) electrons. The van der Waals surface area contributed by atoms with Gasteiger partial charge in [0.15, 0.2) is 6.61 Å². The predicted molar refractivity (Wildman–Crippen MR) is 130 cm³/mol. The molecule has 3 heterocycles. The molecule has 0 spiro atoms. The van der Waals surface area contributed by atoms with Crippen LogP contribution >= 0.6 is 22.7 Å². The number of aryl methyl sites for hydroxylation is 1. The zero-order chi connectivity index (χ0) is 22.2. The van der Waals surface area contributed by atoms with Crippen molar-refractivity contribution >= 4 is 60.5 Å². The lowest BCUT2D eigenvalue weighted by molar-refractivity contribution is -0.118. The van der Waals surface area contributed by atoms with Gasteiger partial charge in [-0.3, -0.25) is 9.59 Å². The van der Waals surface area contributed by atoms with E-state index in [0.717, 1.165) is 56.8 Å². The second-order valence-corrected chi connectivity index (χ2v) is 10.1. The smallest absolute Gasteiger partial charge is 0.262 e. The Labute approximate surface area is 193 Å². The van der Waals surface area contributed by atoms with Gasteiger partial charge in [-0.25, -0.2) is 4.98 Å². The SMILES string of the molecule is Cc1nc2c(cc(OCC(=O)Nc3cccc(C(=O)N4CCCC4)c3C)c3ccsc32)s1. The van der Waals surface area contributed by atoms with Crippen LogP contribution in [0.4, 0.5) is 5.69 Å². The molecule has 1 fully saturated rings. The van der Waals surface area contributed by atoms with Gasteiger partial charge in [-0.1, -0.05) is 6.07 Å². The second kappa shape index (κ2) is 8.52. The Balaban J connectivity index is 1.32. The number of carbonyl (C=O) groups excluding carboxylic acids is 2. The van der Waals surface area contributed by atoms with Crippen LogP contribution in [-0.4, -0.2) is 41.4 Å². The zero-order valence-corrected chi connectivity index (χ0v) is 19.6. The van der Waals surface area contributed by atoms with Crippen molar-refractivity contribution in [1.82, 2.24) is 9.88 Å². The van der Waals surface area contributed by atoms with E-state index in [9.17, 15) is 9.59 Å². The van der Waals surface area contributed by atoms with Gasteiger partial charge in [-0.05, 0) is 55.8 Å². The fourth-order valence-corrected chi connectivity index (χ4v) is 5.96. The first kappa shape index (κ1) is 20.9. The molecule has 1 N–H and O–H groups in total. The fraction of sp³-hybridized carbons (Fsp3) is 0.292. The third-order valence-electron chi connectivity index (χ3n) is 5.76. The first-order chi connectivity index (χ1) is 15.5. The van der Waals surface area contributed by atoms with Gasteiger partial charge >= 0.3 is 0 Å². The summed E-state index contributed by atoms with van der Waals surface area (Å²) in [5.74, 6) is 0.449. The van der Waals surface area contributed by atoms with Gasteiger partial charge in [0.1, 0.15) is 5.75 Å². The highest BCUT2D eigenvalue weighted by Gasteiger charge is 2.22. The number of nitrogens with zero attached hydrogens (tertiary/aromatic N) is 2. The Morgan fingerprint density at radius 1 is 1.19 bits per heavy atom. The third-order valence-corrected chi connectivity index (χ3v) is 7.60. The number of likely N-dealkylation sites (tertiary alicyclic amines) is 1. The number of benzene rings is 2. The van der Waals surface area contributed by atoms with E-state index in [4.69, 9.17) is 4.74 Å². The molecule has 0 unspecified atom stereocenters. The van der Waals surface area contributed by atoms with Crippen LogP contribution in [-0.2, 0) is 4.79 Å². The lowest BCUT2D eigenvalue weighted by atomic mass is 10.1. The molecule has 0 saturated carbocycles. The Bertz CT molecular complexity index is 1340. The molecule has 0 atom stereocenters. The summed E-state index contributed by atoms with van der Waals surface area (Å²) in [5, 5.41) is 6.89. The molecule has 1 aliphatic rings. The van der Waals surface area contributed by atoms with Gasteiger partial charge in [0.05, 0.1) is 19.9 Å². The first-order valence-corrected chi connectivity index (χ1v) is 12.3. The standard InChI is InChI=1S/C24H23N3O3S2/c1-14-16(24(29)27-9-3-4-10-27)6-5-7-18(14)26-21(28)13-30-19-12-20-22(25-15(2)32-20)23-17(19)8-11-31-23/h5-8,11-12H,3-4,9-10,13H2,1-2H3,(H,26,28). The number of ether oxygens (including phenoxy) is 1. The molecule has 164 valence electrons. The maximum atomic E-state index is 12.8. The number of anilines is 1. The molecule has 1 aliphatic heterocycles. The van der Waals surface area contributed by atoms with Crippen molar-refractivity contribution in [2.45, 2.75) is 26.7 Å². The molecule has 2 amide bonds. The van der Waals surface area contributed by atoms with Crippen molar-refractivity contribution in [1.29, 1.82) is 0 Å². The fourth-order valence-electron chi connectivity index (χ4n) is 4.13. The number of amides is 2. The monoisotopic (exact) mass is 465 g/mol. The van der Waals surface area contributed by atoms with Crippen LogP contribution in [0.2, 0.25) is 0 Å². The number of hydrogen-bond donors (Lipinski definition) is 1. The molecule has 5 rings (SSSR count). The summed E-state index contributed by atoms with van der Waals surface area (Å²) in [6, 6.07) is 9.41. The third kappa shape index (κ3) is 3.84. The topological polar surface area (TPSA) is 71.5 Å². The number of hydrogen-bond acceptors (Lipinski definition) is 6. The molecule has 1 saturated heterocycles. The van der Waals surface area contributed by atoms with E-state index in [1.807, 2.05) is 54.5 Å². The summed E-state index contributed by atoms with van der Waals surface area (Å²) in [7, 11) is 0. The van der Waals surface area contributed by atoms with E-state index in [2.05, 4.69) is 10.3 Å². The minimum Gasteiger partial charge on any atom is -0.483 e. The maximum absolute atomic E-state index is 12.8. The number of carbonyl (C=O) groups is 2. The molecule has 6 nitrogen and oxygen atoms in total. The number of rotatable bonds is 5. The van der Waals surface area contributed by atoms with Crippen molar-refractivity contribution in [3.63, 3.8) is 0 Å². The van der Waals surface area contributed by atoms with Gasteiger partial charge < -0.3 is 15.0 Å². The highest BCUT2D eigenvalue weighted by Crippen LogP contribution is 2.38. The van der Waals surface area contributed by atoms with Gasteiger partial charge in [0.25, 0.3) is 11.8 Å². The molecule has 0 aliphatic carbocycles. The average molecular weight is 466 g/mol. The molecule has 2 aromatic heterocycles. The van der Waals surface area contributed by atoms with Gasteiger partial charge in [0, 0.05) is 35.8 Å². The number of thiazole rings is 1. The van der Waals surface area contributed by atoms with Crippen LogP contribution < -0.4 is 10.1 Å². The normalized spacial score (nSPS) is 13.8. The average Bonchev–Trinajstić information content (AvgIpc) is 3.53.